The van der Waals surface area contributed by atoms with Gasteiger partial charge < -0.3 is 14.7 Å². The Morgan fingerprint density at radius 2 is 2.25 bits per heavy atom. The molecule has 1 aromatic rings. The topological polar surface area (TPSA) is 66.8 Å². The highest BCUT2D eigenvalue weighted by Gasteiger charge is 2.17. The average molecular weight is 299 g/mol. The van der Waals surface area contributed by atoms with Crippen molar-refractivity contribution >= 4 is 23.2 Å². The van der Waals surface area contributed by atoms with Gasteiger partial charge in [0, 0.05) is 18.0 Å². The Balaban J connectivity index is 2.54. The molecule has 112 valence electrons. The lowest BCUT2D eigenvalue weighted by Gasteiger charge is -2.23. The summed E-state index contributed by atoms with van der Waals surface area (Å²) in [6.45, 7) is 4.19. The highest BCUT2D eigenvalue weighted by atomic mass is 32.1. The van der Waals surface area contributed by atoms with Crippen LogP contribution in [0.3, 0.4) is 0 Å². The summed E-state index contributed by atoms with van der Waals surface area (Å²) in [6, 6.07) is 3.79. The van der Waals surface area contributed by atoms with Gasteiger partial charge in [0.25, 0.3) is 0 Å². The summed E-state index contributed by atoms with van der Waals surface area (Å²) in [4.78, 5) is 26.0. The lowest BCUT2D eigenvalue weighted by Crippen LogP contribution is -2.39. The van der Waals surface area contributed by atoms with Gasteiger partial charge >= 0.3 is 5.97 Å². The molecule has 1 aromatic heterocycles. The summed E-state index contributed by atoms with van der Waals surface area (Å²) in [5.74, 6) is -0.412. The molecule has 1 N–H and O–H groups in total. The average Bonchev–Trinajstić information content (AvgIpc) is 2.87. The van der Waals surface area contributed by atoms with E-state index in [-0.39, 0.29) is 31.4 Å². The fourth-order valence-corrected chi connectivity index (χ4v) is 2.47. The van der Waals surface area contributed by atoms with Crippen molar-refractivity contribution in [1.29, 1.82) is 0 Å². The van der Waals surface area contributed by atoms with Crippen LogP contribution in [0.25, 0.3) is 0 Å². The molecule has 0 radical (unpaired) electrons. The summed E-state index contributed by atoms with van der Waals surface area (Å²) in [5.41, 5.74) is 0. The molecule has 0 aliphatic carbocycles. The summed E-state index contributed by atoms with van der Waals surface area (Å²) in [6.07, 6.45) is -0.172. The standard InChI is InChI=1S/C14H21NO4S/c1-3-19-14(18)6-7-15(10-11(2)16)13(17)9-12-5-4-8-20-12/h4-5,8,11,16H,3,6-7,9-10H2,1-2H3. The predicted molar refractivity (Wildman–Crippen MR) is 77.5 cm³/mol. The molecule has 0 fully saturated rings. The maximum atomic E-state index is 12.2. The van der Waals surface area contributed by atoms with Crippen molar-refractivity contribution in [3.63, 3.8) is 0 Å². The third-order valence-corrected chi connectivity index (χ3v) is 3.51. The van der Waals surface area contributed by atoms with Crippen LogP contribution in [0.4, 0.5) is 0 Å². The Morgan fingerprint density at radius 3 is 2.80 bits per heavy atom. The van der Waals surface area contributed by atoms with Gasteiger partial charge in [-0.3, -0.25) is 9.59 Å². The molecule has 1 unspecified atom stereocenters. The molecule has 0 saturated heterocycles. The molecule has 1 heterocycles. The van der Waals surface area contributed by atoms with Crippen molar-refractivity contribution in [1.82, 2.24) is 4.90 Å². The third kappa shape index (κ3) is 6.16. The summed E-state index contributed by atoms with van der Waals surface area (Å²) in [5, 5.41) is 11.4. The monoisotopic (exact) mass is 299 g/mol. The number of nitrogens with zero attached hydrogens (tertiary/aromatic N) is 1. The highest BCUT2D eigenvalue weighted by molar-refractivity contribution is 7.10. The van der Waals surface area contributed by atoms with Crippen LogP contribution in [0.2, 0.25) is 0 Å². The molecule has 0 aliphatic rings. The second-order valence-corrected chi connectivity index (χ2v) is 5.53. The van der Waals surface area contributed by atoms with Crippen LogP contribution in [-0.2, 0) is 20.7 Å². The maximum Gasteiger partial charge on any atom is 0.307 e. The zero-order chi connectivity index (χ0) is 15.0. The molecule has 0 spiro atoms. The van der Waals surface area contributed by atoms with E-state index in [9.17, 15) is 14.7 Å². The van der Waals surface area contributed by atoms with Crippen molar-refractivity contribution in [3.05, 3.63) is 22.4 Å². The van der Waals surface area contributed by atoms with Crippen LogP contribution < -0.4 is 0 Å². The van der Waals surface area contributed by atoms with E-state index < -0.39 is 6.10 Å². The van der Waals surface area contributed by atoms with E-state index in [0.717, 1.165) is 4.88 Å². The molecule has 1 rings (SSSR count). The van der Waals surface area contributed by atoms with Gasteiger partial charge in [0.1, 0.15) is 0 Å². The number of thiophene rings is 1. The molecule has 5 nitrogen and oxygen atoms in total. The van der Waals surface area contributed by atoms with Gasteiger partial charge in [0.05, 0.1) is 25.6 Å². The number of carbonyl (C=O) groups is 2. The fourth-order valence-electron chi connectivity index (χ4n) is 1.77. The van der Waals surface area contributed by atoms with E-state index in [1.165, 1.54) is 16.2 Å². The van der Waals surface area contributed by atoms with Gasteiger partial charge in [0.2, 0.25) is 5.91 Å². The molecule has 6 heteroatoms. The van der Waals surface area contributed by atoms with Gasteiger partial charge in [-0.15, -0.1) is 11.3 Å². The lowest BCUT2D eigenvalue weighted by atomic mass is 10.2. The van der Waals surface area contributed by atoms with E-state index in [2.05, 4.69) is 0 Å². The number of amides is 1. The Kier molecular flexibility index (Phi) is 7.25. The number of hydrogen-bond donors (Lipinski definition) is 1. The zero-order valence-electron chi connectivity index (χ0n) is 11.9. The first kappa shape index (κ1) is 16.7. The van der Waals surface area contributed by atoms with Crippen molar-refractivity contribution in [2.24, 2.45) is 0 Å². The molecule has 0 aromatic carbocycles. The van der Waals surface area contributed by atoms with Crippen molar-refractivity contribution in [2.75, 3.05) is 19.7 Å². The van der Waals surface area contributed by atoms with Crippen molar-refractivity contribution in [3.8, 4) is 0 Å². The number of hydrogen-bond acceptors (Lipinski definition) is 5. The maximum absolute atomic E-state index is 12.2. The quantitative estimate of drug-likeness (QED) is 0.738. The Labute approximate surface area is 123 Å². The highest BCUT2D eigenvalue weighted by Crippen LogP contribution is 2.11. The second kappa shape index (κ2) is 8.71. The first-order valence-electron chi connectivity index (χ1n) is 6.66. The molecule has 0 saturated carbocycles. The summed E-state index contributed by atoms with van der Waals surface area (Å²) >= 11 is 1.52. The minimum atomic E-state index is -0.621. The molecule has 0 aliphatic heterocycles. The third-order valence-electron chi connectivity index (χ3n) is 2.63. The van der Waals surface area contributed by atoms with Crippen LogP contribution in [0.1, 0.15) is 25.1 Å². The SMILES string of the molecule is CCOC(=O)CCN(CC(C)O)C(=O)Cc1cccs1. The first-order valence-corrected chi connectivity index (χ1v) is 7.54. The van der Waals surface area contributed by atoms with Gasteiger partial charge in [-0.2, -0.15) is 0 Å². The number of carbonyl (C=O) groups excluding carboxylic acids is 2. The van der Waals surface area contributed by atoms with Gasteiger partial charge in [-0.05, 0) is 25.3 Å². The molecule has 20 heavy (non-hydrogen) atoms. The molecular formula is C14H21NO4S. The fraction of sp³-hybridized carbons (Fsp3) is 0.571. The summed E-state index contributed by atoms with van der Waals surface area (Å²) in [7, 11) is 0. The van der Waals surface area contributed by atoms with E-state index in [1.54, 1.807) is 13.8 Å². The van der Waals surface area contributed by atoms with Crippen molar-refractivity contribution < 1.29 is 19.4 Å². The molecular weight excluding hydrogens is 278 g/mol. The molecule has 0 bridgehead atoms. The predicted octanol–water partition coefficient (Wildman–Crippen LogP) is 1.45. The van der Waals surface area contributed by atoms with E-state index in [1.807, 2.05) is 17.5 Å². The lowest BCUT2D eigenvalue weighted by molar-refractivity contribution is -0.144. The van der Waals surface area contributed by atoms with Gasteiger partial charge in [-0.1, -0.05) is 6.07 Å². The van der Waals surface area contributed by atoms with Crippen LogP contribution in [0.5, 0.6) is 0 Å². The van der Waals surface area contributed by atoms with Crippen molar-refractivity contribution in [2.45, 2.75) is 32.8 Å². The Bertz CT molecular complexity index is 417. The van der Waals surface area contributed by atoms with E-state index in [0.29, 0.717) is 13.0 Å². The van der Waals surface area contributed by atoms with Crippen LogP contribution in [-0.4, -0.2) is 47.7 Å². The molecule has 1 amide bonds. The minimum absolute atomic E-state index is 0.0855. The van der Waals surface area contributed by atoms with Gasteiger partial charge in [0.15, 0.2) is 0 Å². The smallest absolute Gasteiger partial charge is 0.307 e. The number of rotatable bonds is 8. The van der Waals surface area contributed by atoms with Crippen LogP contribution >= 0.6 is 11.3 Å². The number of ether oxygens (including phenoxy) is 1. The number of aliphatic hydroxyl groups is 1. The Morgan fingerprint density at radius 1 is 1.50 bits per heavy atom. The minimum Gasteiger partial charge on any atom is -0.466 e. The van der Waals surface area contributed by atoms with Gasteiger partial charge in [-0.25, -0.2) is 0 Å². The first-order chi connectivity index (χ1) is 9.52. The largest absolute Gasteiger partial charge is 0.466 e. The normalized spacial score (nSPS) is 11.9. The number of esters is 1. The summed E-state index contributed by atoms with van der Waals surface area (Å²) < 4.78 is 4.85. The van der Waals surface area contributed by atoms with E-state index >= 15 is 0 Å². The van der Waals surface area contributed by atoms with Crippen LogP contribution in [0, 0.1) is 0 Å². The van der Waals surface area contributed by atoms with E-state index in [4.69, 9.17) is 4.74 Å². The Hall–Kier alpha value is -1.40. The van der Waals surface area contributed by atoms with Crippen LogP contribution in [0.15, 0.2) is 17.5 Å². The second-order valence-electron chi connectivity index (χ2n) is 4.50. The molecule has 1 atom stereocenters. The zero-order valence-corrected chi connectivity index (χ0v) is 12.7. The number of aliphatic hydroxyl groups excluding tert-OH is 1.